The van der Waals surface area contributed by atoms with E-state index in [4.69, 9.17) is 4.74 Å². The summed E-state index contributed by atoms with van der Waals surface area (Å²) in [4.78, 5) is 12.4. The molecular formula is C20H19FN4O2. The van der Waals surface area contributed by atoms with Gasteiger partial charge in [0.25, 0.3) is 5.91 Å². The van der Waals surface area contributed by atoms with Gasteiger partial charge in [0.1, 0.15) is 5.82 Å². The summed E-state index contributed by atoms with van der Waals surface area (Å²) >= 11 is 0. The van der Waals surface area contributed by atoms with E-state index in [2.05, 4.69) is 15.7 Å². The monoisotopic (exact) mass is 366 g/mol. The molecule has 4 rings (SSSR count). The molecule has 3 aromatic rings. The standard InChI is InChI=1S/C20H19FN4O2/c21-16-2-1-3-18(10-16)25-13-15(11-23-25)20(26)24-17-6-4-14(5-7-17)19-12-22-8-9-27-19/h1-7,10-11,13,19,22H,8-9,12H2,(H,24,26)/t19-/m1/s1. The van der Waals surface area contributed by atoms with Crippen LogP contribution in [0.3, 0.4) is 0 Å². The van der Waals surface area contributed by atoms with E-state index in [1.807, 2.05) is 24.3 Å². The Morgan fingerprint density at radius 3 is 2.85 bits per heavy atom. The summed E-state index contributed by atoms with van der Waals surface area (Å²) < 4.78 is 20.5. The maximum atomic E-state index is 13.3. The number of carbonyl (C=O) groups excluding carboxylic acids is 1. The van der Waals surface area contributed by atoms with Crippen molar-refractivity contribution in [1.29, 1.82) is 0 Å². The number of rotatable bonds is 4. The third-order valence-electron chi connectivity index (χ3n) is 4.39. The second-order valence-electron chi connectivity index (χ2n) is 6.29. The SMILES string of the molecule is O=C(Nc1ccc([C@H]2CNCCO2)cc1)c1cnn(-c2cccc(F)c2)c1. The predicted octanol–water partition coefficient (Wildman–Crippen LogP) is 2.92. The molecule has 2 heterocycles. The molecule has 0 aliphatic carbocycles. The van der Waals surface area contributed by atoms with Crippen LogP contribution in [0.15, 0.2) is 60.9 Å². The van der Waals surface area contributed by atoms with Crippen LogP contribution in [0.2, 0.25) is 0 Å². The van der Waals surface area contributed by atoms with Gasteiger partial charge in [-0.2, -0.15) is 5.10 Å². The molecule has 7 heteroatoms. The van der Waals surface area contributed by atoms with E-state index in [0.29, 0.717) is 23.5 Å². The molecule has 1 atom stereocenters. The largest absolute Gasteiger partial charge is 0.371 e. The molecule has 1 aliphatic heterocycles. The topological polar surface area (TPSA) is 68.2 Å². The molecule has 2 N–H and O–H groups in total. The van der Waals surface area contributed by atoms with Crippen molar-refractivity contribution < 1.29 is 13.9 Å². The van der Waals surface area contributed by atoms with Crippen molar-refractivity contribution in [3.8, 4) is 5.69 Å². The smallest absolute Gasteiger partial charge is 0.258 e. The van der Waals surface area contributed by atoms with Crippen molar-refractivity contribution in [2.75, 3.05) is 25.0 Å². The fourth-order valence-electron chi connectivity index (χ4n) is 2.96. The maximum absolute atomic E-state index is 13.3. The Bertz CT molecular complexity index is 933. The molecular weight excluding hydrogens is 347 g/mol. The van der Waals surface area contributed by atoms with Gasteiger partial charge in [-0.1, -0.05) is 18.2 Å². The lowest BCUT2D eigenvalue weighted by Gasteiger charge is -2.24. The van der Waals surface area contributed by atoms with E-state index in [1.165, 1.54) is 23.0 Å². The fourth-order valence-corrected chi connectivity index (χ4v) is 2.96. The summed E-state index contributed by atoms with van der Waals surface area (Å²) in [5, 5.41) is 10.3. The van der Waals surface area contributed by atoms with Crippen LogP contribution in [0.4, 0.5) is 10.1 Å². The zero-order valence-corrected chi connectivity index (χ0v) is 14.6. The van der Waals surface area contributed by atoms with Crippen LogP contribution in [0.25, 0.3) is 5.69 Å². The minimum atomic E-state index is -0.355. The average molecular weight is 366 g/mol. The Morgan fingerprint density at radius 2 is 2.11 bits per heavy atom. The Kier molecular flexibility index (Phi) is 4.95. The summed E-state index contributed by atoms with van der Waals surface area (Å²) in [7, 11) is 0. The van der Waals surface area contributed by atoms with Gasteiger partial charge in [0.15, 0.2) is 0 Å². The zero-order valence-electron chi connectivity index (χ0n) is 14.6. The highest BCUT2D eigenvalue weighted by atomic mass is 19.1. The first kappa shape index (κ1) is 17.4. The van der Waals surface area contributed by atoms with Crippen LogP contribution in [-0.4, -0.2) is 35.4 Å². The van der Waals surface area contributed by atoms with Gasteiger partial charge in [0.2, 0.25) is 0 Å². The van der Waals surface area contributed by atoms with Gasteiger partial charge in [-0.05, 0) is 35.9 Å². The summed E-state index contributed by atoms with van der Waals surface area (Å²) in [5.41, 5.74) is 2.70. The number of carbonyl (C=O) groups is 1. The number of ether oxygens (including phenoxy) is 1. The minimum Gasteiger partial charge on any atom is -0.371 e. The first-order chi connectivity index (χ1) is 13.2. The Balaban J connectivity index is 1.43. The highest BCUT2D eigenvalue weighted by Crippen LogP contribution is 2.21. The van der Waals surface area contributed by atoms with Gasteiger partial charge in [0.05, 0.1) is 30.2 Å². The van der Waals surface area contributed by atoms with Crippen LogP contribution in [0.1, 0.15) is 22.0 Å². The summed E-state index contributed by atoms with van der Waals surface area (Å²) in [5.74, 6) is -0.632. The molecule has 1 saturated heterocycles. The third kappa shape index (κ3) is 4.05. The van der Waals surface area contributed by atoms with Crippen LogP contribution in [0, 0.1) is 5.82 Å². The third-order valence-corrected chi connectivity index (χ3v) is 4.39. The van der Waals surface area contributed by atoms with Crippen LogP contribution >= 0.6 is 0 Å². The molecule has 0 unspecified atom stereocenters. The Morgan fingerprint density at radius 1 is 1.26 bits per heavy atom. The van der Waals surface area contributed by atoms with E-state index in [0.717, 1.165) is 18.7 Å². The average Bonchev–Trinajstić information content (AvgIpc) is 3.20. The molecule has 0 spiro atoms. The molecule has 0 radical (unpaired) electrons. The van der Waals surface area contributed by atoms with E-state index >= 15 is 0 Å². The van der Waals surface area contributed by atoms with Gasteiger partial charge < -0.3 is 15.4 Å². The minimum absolute atomic E-state index is 0.0352. The lowest BCUT2D eigenvalue weighted by atomic mass is 10.1. The maximum Gasteiger partial charge on any atom is 0.258 e. The lowest BCUT2D eigenvalue weighted by molar-refractivity contribution is 0.0277. The van der Waals surface area contributed by atoms with E-state index in [-0.39, 0.29) is 17.8 Å². The van der Waals surface area contributed by atoms with Crippen LogP contribution in [-0.2, 0) is 4.74 Å². The van der Waals surface area contributed by atoms with Crippen molar-refractivity contribution in [3.05, 3.63) is 77.9 Å². The van der Waals surface area contributed by atoms with E-state index in [1.54, 1.807) is 18.3 Å². The number of nitrogens with zero attached hydrogens (tertiary/aromatic N) is 2. The Hall–Kier alpha value is -3.03. The quantitative estimate of drug-likeness (QED) is 0.745. The summed E-state index contributed by atoms with van der Waals surface area (Å²) in [6.07, 6.45) is 3.06. The molecule has 138 valence electrons. The highest BCUT2D eigenvalue weighted by molar-refractivity contribution is 6.04. The number of morpholine rings is 1. The fraction of sp³-hybridized carbons (Fsp3) is 0.200. The van der Waals surface area contributed by atoms with Crippen LogP contribution < -0.4 is 10.6 Å². The molecule has 1 aliphatic rings. The number of anilines is 1. The normalized spacial score (nSPS) is 16.9. The Labute approximate surface area is 156 Å². The predicted molar refractivity (Wildman–Crippen MR) is 99.5 cm³/mol. The first-order valence-corrected chi connectivity index (χ1v) is 8.73. The van der Waals surface area contributed by atoms with Gasteiger partial charge in [-0.25, -0.2) is 9.07 Å². The summed E-state index contributed by atoms with van der Waals surface area (Å²) in [6.45, 7) is 2.34. The second kappa shape index (κ2) is 7.69. The van der Waals surface area contributed by atoms with Gasteiger partial charge in [-0.3, -0.25) is 4.79 Å². The molecule has 27 heavy (non-hydrogen) atoms. The molecule has 1 aromatic heterocycles. The molecule has 0 bridgehead atoms. The van der Waals surface area contributed by atoms with Gasteiger partial charge >= 0.3 is 0 Å². The molecule has 1 amide bonds. The first-order valence-electron chi connectivity index (χ1n) is 8.73. The number of benzene rings is 2. The number of hydrogen-bond acceptors (Lipinski definition) is 4. The van der Waals surface area contributed by atoms with Crippen molar-refractivity contribution in [3.63, 3.8) is 0 Å². The summed E-state index contributed by atoms with van der Waals surface area (Å²) in [6, 6.07) is 13.6. The number of halogens is 1. The van der Waals surface area contributed by atoms with E-state index < -0.39 is 0 Å². The van der Waals surface area contributed by atoms with E-state index in [9.17, 15) is 9.18 Å². The van der Waals surface area contributed by atoms with Crippen LogP contribution in [0.5, 0.6) is 0 Å². The van der Waals surface area contributed by atoms with Gasteiger partial charge in [0, 0.05) is 25.0 Å². The van der Waals surface area contributed by atoms with Crippen molar-refractivity contribution in [2.24, 2.45) is 0 Å². The zero-order chi connectivity index (χ0) is 18.6. The van der Waals surface area contributed by atoms with Gasteiger partial charge in [-0.15, -0.1) is 0 Å². The molecule has 0 saturated carbocycles. The van der Waals surface area contributed by atoms with Crippen molar-refractivity contribution >= 4 is 11.6 Å². The molecule has 2 aromatic carbocycles. The number of aromatic nitrogens is 2. The highest BCUT2D eigenvalue weighted by Gasteiger charge is 2.16. The molecule has 6 nitrogen and oxygen atoms in total. The number of amides is 1. The van der Waals surface area contributed by atoms with Crippen molar-refractivity contribution in [2.45, 2.75) is 6.10 Å². The number of hydrogen-bond donors (Lipinski definition) is 2. The number of nitrogens with one attached hydrogen (secondary N) is 2. The lowest BCUT2D eigenvalue weighted by Crippen LogP contribution is -2.33. The molecule has 1 fully saturated rings. The second-order valence-corrected chi connectivity index (χ2v) is 6.29. The van der Waals surface area contributed by atoms with Crippen molar-refractivity contribution in [1.82, 2.24) is 15.1 Å².